The number of nitrogens with zero attached hydrogens (tertiary/aromatic N) is 1. The van der Waals surface area contributed by atoms with Crippen LogP contribution in [0.15, 0.2) is 18.2 Å². The lowest BCUT2D eigenvalue weighted by Gasteiger charge is -2.30. The second-order valence-corrected chi connectivity index (χ2v) is 6.63. The molecule has 23 heavy (non-hydrogen) atoms. The molecule has 0 radical (unpaired) electrons. The van der Waals surface area contributed by atoms with E-state index in [0.29, 0.717) is 12.2 Å². The molecule has 1 aromatic rings. The van der Waals surface area contributed by atoms with E-state index in [1.807, 2.05) is 32.0 Å². The zero-order valence-corrected chi connectivity index (χ0v) is 14.1. The van der Waals surface area contributed by atoms with E-state index in [2.05, 4.69) is 5.32 Å². The normalized spacial score (nSPS) is 20.9. The van der Waals surface area contributed by atoms with Gasteiger partial charge in [0, 0.05) is 25.2 Å². The van der Waals surface area contributed by atoms with Gasteiger partial charge in [0.2, 0.25) is 0 Å². The molecule has 126 valence electrons. The number of aliphatic hydroxyl groups excluding tert-OH is 1. The average Bonchev–Trinajstić information content (AvgIpc) is 2.47. The Morgan fingerprint density at radius 1 is 1.17 bits per heavy atom. The van der Waals surface area contributed by atoms with E-state index in [-0.39, 0.29) is 12.0 Å². The SMILES string of the molecule is Cc1cc(C)cc(NC(=O)C(=O)N(C)CC2CCCCC2O)c1. The molecule has 2 amide bonds. The lowest BCUT2D eigenvalue weighted by atomic mass is 9.86. The Morgan fingerprint density at radius 3 is 2.39 bits per heavy atom. The van der Waals surface area contributed by atoms with E-state index < -0.39 is 11.8 Å². The van der Waals surface area contributed by atoms with Crippen molar-refractivity contribution in [1.29, 1.82) is 0 Å². The van der Waals surface area contributed by atoms with Crippen LogP contribution in [0.5, 0.6) is 0 Å². The summed E-state index contributed by atoms with van der Waals surface area (Å²) in [5.41, 5.74) is 2.70. The van der Waals surface area contributed by atoms with Crippen LogP contribution in [0.25, 0.3) is 0 Å². The van der Waals surface area contributed by atoms with Crippen LogP contribution in [-0.2, 0) is 9.59 Å². The van der Waals surface area contributed by atoms with Crippen LogP contribution in [0.4, 0.5) is 5.69 Å². The minimum Gasteiger partial charge on any atom is -0.393 e. The van der Waals surface area contributed by atoms with Crippen molar-refractivity contribution in [2.24, 2.45) is 5.92 Å². The van der Waals surface area contributed by atoms with Gasteiger partial charge in [-0.25, -0.2) is 0 Å². The number of rotatable bonds is 3. The predicted molar refractivity (Wildman–Crippen MR) is 90.1 cm³/mol. The van der Waals surface area contributed by atoms with Crippen molar-refractivity contribution in [1.82, 2.24) is 4.90 Å². The summed E-state index contributed by atoms with van der Waals surface area (Å²) in [4.78, 5) is 25.8. The number of benzene rings is 1. The fraction of sp³-hybridized carbons (Fsp3) is 0.556. The Balaban J connectivity index is 1.94. The van der Waals surface area contributed by atoms with Gasteiger partial charge in [0.25, 0.3) is 0 Å². The van der Waals surface area contributed by atoms with Crippen molar-refractivity contribution in [3.8, 4) is 0 Å². The topological polar surface area (TPSA) is 69.6 Å². The van der Waals surface area contributed by atoms with Crippen LogP contribution in [0.2, 0.25) is 0 Å². The maximum Gasteiger partial charge on any atom is 0.313 e. The van der Waals surface area contributed by atoms with Crippen LogP contribution >= 0.6 is 0 Å². The molecule has 2 rings (SSSR count). The summed E-state index contributed by atoms with van der Waals surface area (Å²) < 4.78 is 0. The molecule has 0 aliphatic heterocycles. The summed E-state index contributed by atoms with van der Waals surface area (Å²) >= 11 is 0. The number of aryl methyl sites for hydroxylation is 2. The Labute approximate surface area is 137 Å². The van der Waals surface area contributed by atoms with E-state index in [1.165, 1.54) is 4.90 Å². The average molecular weight is 318 g/mol. The molecule has 2 N–H and O–H groups in total. The number of anilines is 1. The lowest BCUT2D eigenvalue weighted by molar-refractivity contribution is -0.143. The van der Waals surface area contributed by atoms with Gasteiger partial charge < -0.3 is 15.3 Å². The number of hydrogen-bond donors (Lipinski definition) is 2. The monoisotopic (exact) mass is 318 g/mol. The van der Waals surface area contributed by atoms with E-state index in [0.717, 1.165) is 36.8 Å². The number of aliphatic hydroxyl groups is 1. The number of carbonyl (C=O) groups excluding carboxylic acids is 2. The summed E-state index contributed by atoms with van der Waals surface area (Å²) in [7, 11) is 1.62. The van der Waals surface area contributed by atoms with Crippen molar-refractivity contribution >= 4 is 17.5 Å². The minimum atomic E-state index is -0.636. The van der Waals surface area contributed by atoms with Gasteiger partial charge in [-0.3, -0.25) is 9.59 Å². The van der Waals surface area contributed by atoms with Crippen molar-refractivity contribution < 1.29 is 14.7 Å². The van der Waals surface area contributed by atoms with Gasteiger partial charge in [-0.2, -0.15) is 0 Å². The first kappa shape index (κ1) is 17.5. The van der Waals surface area contributed by atoms with Gasteiger partial charge in [0.05, 0.1) is 6.10 Å². The van der Waals surface area contributed by atoms with E-state index in [9.17, 15) is 14.7 Å². The molecular weight excluding hydrogens is 292 g/mol. The number of carbonyl (C=O) groups is 2. The molecule has 2 unspecified atom stereocenters. The highest BCUT2D eigenvalue weighted by molar-refractivity contribution is 6.39. The first-order valence-corrected chi connectivity index (χ1v) is 8.19. The van der Waals surface area contributed by atoms with Gasteiger partial charge in [-0.15, -0.1) is 0 Å². The zero-order valence-electron chi connectivity index (χ0n) is 14.1. The highest BCUT2D eigenvalue weighted by Crippen LogP contribution is 2.25. The summed E-state index contributed by atoms with van der Waals surface area (Å²) in [5, 5.41) is 12.7. The van der Waals surface area contributed by atoms with Gasteiger partial charge in [-0.05, 0) is 49.9 Å². The standard InChI is InChI=1S/C18H26N2O3/c1-12-8-13(2)10-15(9-12)19-17(22)18(23)20(3)11-14-6-4-5-7-16(14)21/h8-10,14,16,21H,4-7,11H2,1-3H3,(H,19,22). The molecule has 1 aromatic carbocycles. The van der Waals surface area contributed by atoms with Crippen molar-refractivity contribution in [2.75, 3.05) is 18.9 Å². The quantitative estimate of drug-likeness (QED) is 0.840. The molecule has 0 aromatic heterocycles. The molecule has 1 aliphatic carbocycles. The minimum absolute atomic E-state index is 0.0618. The van der Waals surface area contributed by atoms with Crippen molar-refractivity contribution in [3.63, 3.8) is 0 Å². The second kappa shape index (κ2) is 7.59. The van der Waals surface area contributed by atoms with Gasteiger partial charge >= 0.3 is 11.8 Å². The largest absolute Gasteiger partial charge is 0.393 e. The van der Waals surface area contributed by atoms with Gasteiger partial charge in [0.1, 0.15) is 0 Å². The van der Waals surface area contributed by atoms with Crippen LogP contribution in [-0.4, -0.2) is 41.5 Å². The maximum absolute atomic E-state index is 12.2. The molecule has 1 fully saturated rings. The highest BCUT2D eigenvalue weighted by Gasteiger charge is 2.27. The van der Waals surface area contributed by atoms with Crippen LogP contribution in [0, 0.1) is 19.8 Å². The fourth-order valence-corrected chi connectivity index (χ4v) is 3.24. The van der Waals surface area contributed by atoms with Crippen molar-refractivity contribution in [2.45, 2.75) is 45.6 Å². The molecule has 0 bridgehead atoms. The second-order valence-electron chi connectivity index (χ2n) is 6.63. The first-order chi connectivity index (χ1) is 10.9. The van der Waals surface area contributed by atoms with E-state index >= 15 is 0 Å². The van der Waals surface area contributed by atoms with Crippen molar-refractivity contribution in [3.05, 3.63) is 29.3 Å². The summed E-state index contributed by atoms with van der Waals surface area (Å²) in [6, 6.07) is 5.68. The van der Waals surface area contributed by atoms with E-state index in [4.69, 9.17) is 0 Å². The zero-order chi connectivity index (χ0) is 17.0. The molecule has 0 saturated heterocycles. The van der Waals surface area contributed by atoms with Gasteiger partial charge in [0.15, 0.2) is 0 Å². The third-order valence-corrected chi connectivity index (χ3v) is 4.40. The molecule has 1 saturated carbocycles. The third kappa shape index (κ3) is 4.79. The first-order valence-electron chi connectivity index (χ1n) is 8.19. The molecule has 1 aliphatic rings. The van der Waals surface area contributed by atoms with Gasteiger partial charge in [-0.1, -0.05) is 18.9 Å². The third-order valence-electron chi connectivity index (χ3n) is 4.40. The maximum atomic E-state index is 12.2. The van der Waals surface area contributed by atoms with Crippen LogP contribution < -0.4 is 5.32 Å². The summed E-state index contributed by atoms with van der Waals surface area (Å²) in [6.45, 7) is 4.31. The van der Waals surface area contributed by atoms with Crippen LogP contribution in [0.3, 0.4) is 0 Å². The Bertz CT molecular complexity index is 565. The number of hydrogen-bond acceptors (Lipinski definition) is 3. The number of likely N-dealkylation sites (N-methyl/N-ethyl adjacent to an activating group) is 1. The summed E-state index contributed by atoms with van der Waals surface area (Å²) in [6.07, 6.45) is 3.40. The molecule has 2 atom stereocenters. The molecule has 0 heterocycles. The molecule has 0 spiro atoms. The Hall–Kier alpha value is -1.88. The molecule has 5 heteroatoms. The Morgan fingerprint density at radius 2 is 1.78 bits per heavy atom. The lowest BCUT2D eigenvalue weighted by Crippen LogP contribution is -2.42. The molecular formula is C18H26N2O3. The predicted octanol–water partition coefficient (Wildman–Crippen LogP) is 2.25. The summed E-state index contributed by atoms with van der Waals surface area (Å²) in [5.74, 6) is -1.14. The van der Waals surface area contributed by atoms with Crippen LogP contribution in [0.1, 0.15) is 36.8 Å². The highest BCUT2D eigenvalue weighted by atomic mass is 16.3. The fourth-order valence-electron chi connectivity index (χ4n) is 3.24. The smallest absolute Gasteiger partial charge is 0.313 e. The molecule has 5 nitrogen and oxygen atoms in total. The van der Waals surface area contributed by atoms with E-state index in [1.54, 1.807) is 7.05 Å². The number of amides is 2. The number of nitrogens with one attached hydrogen (secondary N) is 1. The Kier molecular flexibility index (Phi) is 5.77.